The highest BCUT2D eigenvalue weighted by atomic mass is 79.9. The minimum Gasteiger partial charge on any atom is -0.206 e. The fourth-order valence-corrected chi connectivity index (χ4v) is 2.70. The van der Waals surface area contributed by atoms with Crippen LogP contribution >= 0.6 is 15.9 Å². The average Bonchev–Trinajstić information content (AvgIpc) is 2.34. The van der Waals surface area contributed by atoms with E-state index >= 15 is 0 Å². The summed E-state index contributed by atoms with van der Waals surface area (Å²) in [5.41, 5.74) is 4.91. The Kier molecular flexibility index (Phi) is 3.86. The standard InChI is InChI=1S/C16H16BrF/c1-10-5-4-6-13(7-10)15(17)14-8-11(2)16(18)12(3)9-14/h4-9,15H,1-3H3. The minimum atomic E-state index is -0.109. The third kappa shape index (κ3) is 2.64. The summed E-state index contributed by atoms with van der Waals surface area (Å²) in [4.78, 5) is 0.107. The van der Waals surface area contributed by atoms with Crippen molar-refractivity contribution in [3.05, 3.63) is 70.0 Å². The van der Waals surface area contributed by atoms with E-state index in [1.165, 1.54) is 11.1 Å². The van der Waals surface area contributed by atoms with Gasteiger partial charge in [0.2, 0.25) is 0 Å². The second kappa shape index (κ2) is 5.23. The van der Waals surface area contributed by atoms with Gasteiger partial charge in [-0.3, -0.25) is 0 Å². The Morgan fingerprint density at radius 3 is 2.11 bits per heavy atom. The summed E-state index contributed by atoms with van der Waals surface area (Å²) in [5.74, 6) is -0.109. The van der Waals surface area contributed by atoms with Gasteiger partial charge in [0.15, 0.2) is 0 Å². The SMILES string of the molecule is Cc1cccc(C(Br)c2cc(C)c(F)c(C)c2)c1. The van der Waals surface area contributed by atoms with Crippen molar-refractivity contribution < 1.29 is 4.39 Å². The van der Waals surface area contributed by atoms with Gasteiger partial charge in [-0.15, -0.1) is 0 Å². The van der Waals surface area contributed by atoms with Gasteiger partial charge in [0, 0.05) is 0 Å². The van der Waals surface area contributed by atoms with Crippen molar-refractivity contribution in [3.8, 4) is 0 Å². The highest BCUT2D eigenvalue weighted by molar-refractivity contribution is 9.09. The molecule has 2 aromatic carbocycles. The molecule has 0 aliphatic carbocycles. The second-order valence-corrected chi connectivity index (χ2v) is 5.66. The van der Waals surface area contributed by atoms with Gasteiger partial charge in [0.05, 0.1) is 4.83 Å². The lowest BCUT2D eigenvalue weighted by Gasteiger charge is -2.14. The molecule has 2 rings (SSSR count). The first-order valence-corrected chi connectivity index (χ1v) is 6.88. The number of halogens is 2. The molecule has 2 heteroatoms. The van der Waals surface area contributed by atoms with Crippen LogP contribution in [0.25, 0.3) is 0 Å². The van der Waals surface area contributed by atoms with Gasteiger partial charge < -0.3 is 0 Å². The first-order chi connectivity index (χ1) is 8.49. The smallest absolute Gasteiger partial charge is 0.129 e. The molecule has 0 N–H and O–H groups in total. The molecule has 0 radical (unpaired) electrons. The fourth-order valence-electron chi connectivity index (χ4n) is 2.15. The Balaban J connectivity index is 2.43. The van der Waals surface area contributed by atoms with E-state index in [4.69, 9.17) is 0 Å². The van der Waals surface area contributed by atoms with Gasteiger partial charge in [-0.2, -0.15) is 0 Å². The number of benzene rings is 2. The van der Waals surface area contributed by atoms with E-state index in [1.54, 1.807) is 0 Å². The first-order valence-electron chi connectivity index (χ1n) is 5.96. The van der Waals surface area contributed by atoms with E-state index in [1.807, 2.05) is 32.0 Å². The van der Waals surface area contributed by atoms with Crippen LogP contribution in [0.2, 0.25) is 0 Å². The van der Waals surface area contributed by atoms with Crippen LogP contribution in [-0.2, 0) is 0 Å². The molecule has 0 heterocycles. The van der Waals surface area contributed by atoms with Gasteiger partial charge in [-0.05, 0) is 43.0 Å². The van der Waals surface area contributed by atoms with Crippen molar-refractivity contribution in [2.75, 3.05) is 0 Å². The Bertz CT molecular complexity index is 552. The molecule has 0 aliphatic rings. The molecule has 0 saturated heterocycles. The van der Waals surface area contributed by atoms with Crippen LogP contribution < -0.4 is 0 Å². The molecule has 0 aromatic heterocycles. The van der Waals surface area contributed by atoms with Crippen LogP contribution in [0.1, 0.15) is 32.6 Å². The summed E-state index contributed by atoms with van der Waals surface area (Å²) in [6, 6.07) is 12.2. The predicted octanol–water partition coefficient (Wildman–Crippen LogP) is 5.24. The lowest BCUT2D eigenvalue weighted by Crippen LogP contribution is -1.97. The van der Waals surface area contributed by atoms with Crippen LogP contribution in [0.5, 0.6) is 0 Å². The Morgan fingerprint density at radius 1 is 0.944 bits per heavy atom. The summed E-state index contributed by atoms with van der Waals surface area (Å²) < 4.78 is 13.6. The van der Waals surface area contributed by atoms with Gasteiger partial charge in [0.25, 0.3) is 0 Å². The molecule has 0 saturated carbocycles. The van der Waals surface area contributed by atoms with E-state index in [0.717, 1.165) is 5.56 Å². The van der Waals surface area contributed by atoms with Crippen LogP contribution in [-0.4, -0.2) is 0 Å². The van der Waals surface area contributed by atoms with Crippen molar-refractivity contribution in [1.82, 2.24) is 0 Å². The van der Waals surface area contributed by atoms with E-state index in [9.17, 15) is 4.39 Å². The maximum Gasteiger partial charge on any atom is 0.129 e. The zero-order valence-electron chi connectivity index (χ0n) is 10.8. The van der Waals surface area contributed by atoms with Crippen LogP contribution in [0.3, 0.4) is 0 Å². The molecule has 0 aliphatic heterocycles. The number of rotatable bonds is 2. The molecule has 0 bridgehead atoms. The van der Waals surface area contributed by atoms with Crippen molar-refractivity contribution in [1.29, 1.82) is 0 Å². The molecule has 0 fully saturated rings. The van der Waals surface area contributed by atoms with Crippen molar-refractivity contribution >= 4 is 15.9 Å². The molecule has 2 aromatic rings. The number of hydrogen-bond acceptors (Lipinski definition) is 0. The number of hydrogen-bond donors (Lipinski definition) is 0. The zero-order chi connectivity index (χ0) is 13.3. The Labute approximate surface area is 116 Å². The molecule has 18 heavy (non-hydrogen) atoms. The van der Waals surface area contributed by atoms with Gasteiger partial charge in [-0.1, -0.05) is 57.9 Å². The van der Waals surface area contributed by atoms with Crippen molar-refractivity contribution in [2.45, 2.75) is 25.6 Å². The first kappa shape index (κ1) is 13.3. The van der Waals surface area contributed by atoms with E-state index in [2.05, 4.69) is 41.1 Å². The quantitative estimate of drug-likeness (QED) is 0.666. The predicted molar refractivity (Wildman–Crippen MR) is 77.8 cm³/mol. The highest BCUT2D eigenvalue weighted by Gasteiger charge is 2.13. The van der Waals surface area contributed by atoms with Crippen molar-refractivity contribution in [2.24, 2.45) is 0 Å². The minimum absolute atomic E-state index is 0.107. The summed E-state index contributed by atoms with van der Waals surface area (Å²) in [6.07, 6.45) is 0. The Morgan fingerprint density at radius 2 is 1.56 bits per heavy atom. The monoisotopic (exact) mass is 306 g/mol. The van der Waals surface area contributed by atoms with E-state index in [0.29, 0.717) is 11.1 Å². The van der Waals surface area contributed by atoms with E-state index in [-0.39, 0.29) is 10.6 Å². The van der Waals surface area contributed by atoms with Crippen molar-refractivity contribution in [3.63, 3.8) is 0 Å². The van der Waals surface area contributed by atoms with Crippen LogP contribution in [0.15, 0.2) is 36.4 Å². The second-order valence-electron chi connectivity index (χ2n) is 4.75. The molecule has 94 valence electrons. The average molecular weight is 307 g/mol. The Hall–Kier alpha value is -1.15. The summed E-state index contributed by atoms with van der Waals surface area (Å²) >= 11 is 3.70. The molecular weight excluding hydrogens is 291 g/mol. The topological polar surface area (TPSA) is 0 Å². The van der Waals surface area contributed by atoms with Gasteiger partial charge in [0.1, 0.15) is 5.82 Å². The molecular formula is C16H16BrF. The number of alkyl halides is 1. The summed E-state index contributed by atoms with van der Waals surface area (Å²) in [7, 11) is 0. The van der Waals surface area contributed by atoms with Gasteiger partial charge >= 0.3 is 0 Å². The lowest BCUT2D eigenvalue weighted by molar-refractivity contribution is 0.608. The molecule has 1 atom stereocenters. The maximum atomic E-state index is 13.6. The molecule has 0 nitrogen and oxygen atoms in total. The fraction of sp³-hybridized carbons (Fsp3) is 0.250. The third-order valence-electron chi connectivity index (χ3n) is 3.09. The molecule has 0 spiro atoms. The van der Waals surface area contributed by atoms with E-state index < -0.39 is 0 Å². The van der Waals surface area contributed by atoms with Crippen LogP contribution in [0, 0.1) is 26.6 Å². The largest absolute Gasteiger partial charge is 0.206 e. The number of aryl methyl sites for hydroxylation is 3. The van der Waals surface area contributed by atoms with Gasteiger partial charge in [-0.25, -0.2) is 4.39 Å². The summed E-state index contributed by atoms with van der Waals surface area (Å²) in [6.45, 7) is 5.69. The molecule has 0 amide bonds. The molecule has 1 unspecified atom stereocenters. The maximum absolute atomic E-state index is 13.6. The highest BCUT2D eigenvalue weighted by Crippen LogP contribution is 2.32. The lowest BCUT2D eigenvalue weighted by atomic mass is 9.99. The summed E-state index contributed by atoms with van der Waals surface area (Å²) in [5, 5.41) is 0. The van der Waals surface area contributed by atoms with Crippen LogP contribution in [0.4, 0.5) is 4.39 Å². The third-order valence-corrected chi connectivity index (χ3v) is 4.14. The zero-order valence-corrected chi connectivity index (χ0v) is 12.4. The normalized spacial score (nSPS) is 12.5.